The maximum absolute atomic E-state index is 12.5. The number of fused-ring (bicyclic) bond motifs is 1. The second kappa shape index (κ2) is 8.57. The van der Waals surface area contributed by atoms with Crippen molar-refractivity contribution in [3.05, 3.63) is 72.4 Å². The van der Waals surface area contributed by atoms with Crippen LogP contribution in [-0.2, 0) is 16.7 Å². The molecule has 0 saturated carbocycles. The van der Waals surface area contributed by atoms with Crippen LogP contribution in [0.25, 0.3) is 11.0 Å². The van der Waals surface area contributed by atoms with E-state index in [1.807, 2.05) is 12.1 Å². The van der Waals surface area contributed by atoms with Gasteiger partial charge in [0.15, 0.2) is 5.58 Å². The molecule has 1 heterocycles. The van der Waals surface area contributed by atoms with Crippen LogP contribution in [0.3, 0.4) is 0 Å². The van der Waals surface area contributed by atoms with Crippen LogP contribution >= 0.6 is 0 Å². The molecule has 0 radical (unpaired) electrons. The first-order valence-electron chi connectivity index (χ1n) is 9.22. The molecule has 0 amide bonds. The highest BCUT2D eigenvalue weighted by Gasteiger charge is 2.18. The van der Waals surface area contributed by atoms with Gasteiger partial charge in [-0.1, -0.05) is 11.2 Å². The normalized spacial score (nSPS) is 11.3. The largest absolute Gasteiger partial charge is 0.497 e. The van der Waals surface area contributed by atoms with E-state index < -0.39 is 10.1 Å². The number of methoxy groups -OCH3 is 2. The molecule has 0 N–H and O–H groups in total. The van der Waals surface area contributed by atoms with E-state index in [0.29, 0.717) is 33.9 Å². The fourth-order valence-electron chi connectivity index (χ4n) is 2.89. The molecule has 3 aromatic carbocycles. The highest BCUT2D eigenvalue weighted by molar-refractivity contribution is 7.87. The van der Waals surface area contributed by atoms with Crippen molar-refractivity contribution >= 4 is 21.1 Å². The maximum Gasteiger partial charge on any atom is 0.339 e. The summed E-state index contributed by atoms with van der Waals surface area (Å²) < 4.78 is 51.6. The predicted molar refractivity (Wildman–Crippen MR) is 112 cm³/mol. The summed E-state index contributed by atoms with van der Waals surface area (Å²) in [5.74, 6) is 1.97. The molecule has 0 saturated heterocycles. The first-order valence-corrected chi connectivity index (χ1v) is 10.6. The summed E-state index contributed by atoms with van der Waals surface area (Å²) in [6.45, 7) is 0.171. The molecule has 0 unspecified atom stereocenters. The number of ether oxygens (including phenoxy) is 3. The summed E-state index contributed by atoms with van der Waals surface area (Å²) >= 11 is 0. The van der Waals surface area contributed by atoms with E-state index in [4.69, 9.17) is 22.9 Å². The van der Waals surface area contributed by atoms with Crippen LogP contribution < -0.4 is 18.4 Å². The van der Waals surface area contributed by atoms with Gasteiger partial charge in [-0.3, -0.25) is 0 Å². The van der Waals surface area contributed by atoms with Gasteiger partial charge in [0, 0.05) is 17.5 Å². The number of nitrogens with zero attached hydrogens (tertiary/aromatic N) is 1. The number of benzene rings is 3. The Bertz CT molecular complexity index is 1300. The third-order valence-corrected chi connectivity index (χ3v) is 5.75. The molecule has 4 aromatic rings. The molecule has 8 nitrogen and oxygen atoms in total. The lowest BCUT2D eigenvalue weighted by molar-refractivity contribution is 0.290. The van der Waals surface area contributed by atoms with E-state index in [-0.39, 0.29) is 17.3 Å². The molecular formula is C22H19NO7S. The number of hydrogen-bond acceptors (Lipinski definition) is 8. The average molecular weight is 441 g/mol. The van der Waals surface area contributed by atoms with Crippen LogP contribution in [-0.4, -0.2) is 27.8 Å². The highest BCUT2D eigenvalue weighted by Crippen LogP contribution is 2.28. The summed E-state index contributed by atoms with van der Waals surface area (Å²) in [7, 11) is -0.923. The Morgan fingerprint density at radius 1 is 0.839 bits per heavy atom. The standard InChI is InChI=1S/C22H19NO7S/c1-26-15-6-9-19(10-7-15)31(24,25)30-18-8-11-20-21(23-29-22(20)13-18)14-28-17-5-3-4-16(12-17)27-2/h3-13H,14H2,1-2H3. The van der Waals surface area contributed by atoms with Gasteiger partial charge in [0.1, 0.15) is 40.2 Å². The molecule has 9 heteroatoms. The number of hydrogen-bond donors (Lipinski definition) is 0. The zero-order valence-corrected chi connectivity index (χ0v) is 17.6. The molecule has 0 aliphatic carbocycles. The molecule has 0 spiro atoms. The van der Waals surface area contributed by atoms with Crippen LogP contribution in [0.1, 0.15) is 5.69 Å². The van der Waals surface area contributed by atoms with Gasteiger partial charge >= 0.3 is 10.1 Å². The molecule has 31 heavy (non-hydrogen) atoms. The molecule has 0 fully saturated rings. The smallest absolute Gasteiger partial charge is 0.339 e. The lowest BCUT2D eigenvalue weighted by atomic mass is 10.2. The fourth-order valence-corrected chi connectivity index (χ4v) is 3.81. The third-order valence-electron chi connectivity index (χ3n) is 4.49. The topological polar surface area (TPSA) is 97.1 Å². The van der Waals surface area contributed by atoms with Crippen molar-refractivity contribution in [1.29, 1.82) is 0 Å². The average Bonchev–Trinajstić information content (AvgIpc) is 3.19. The van der Waals surface area contributed by atoms with Crippen LogP contribution in [0.2, 0.25) is 0 Å². The Morgan fingerprint density at radius 2 is 1.55 bits per heavy atom. The van der Waals surface area contributed by atoms with Crippen LogP contribution in [0, 0.1) is 0 Å². The monoisotopic (exact) mass is 441 g/mol. The molecule has 0 atom stereocenters. The predicted octanol–water partition coefficient (Wildman–Crippen LogP) is 4.19. The van der Waals surface area contributed by atoms with Gasteiger partial charge in [0.05, 0.1) is 14.2 Å². The van der Waals surface area contributed by atoms with E-state index >= 15 is 0 Å². The van der Waals surface area contributed by atoms with Crippen LogP contribution in [0.5, 0.6) is 23.0 Å². The van der Waals surface area contributed by atoms with Crippen molar-refractivity contribution in [2.24, 2.45) is 0 Å². The molecule has 1 aromatic heterocycles. The van der Waals surface area contributed by atoms with Gasteiger partial charge in [-0.15, -0.1) is 0 Å². The van der Waals surface area contributed by atoms with Crippen molar-refractivity contribution in [3.8, 4) is 23.0 Å². The molecular weight excluding hydrogens is 422 g/mol. The van der Waals surface area contributed by atoms with Gasteiger partial charge in [0.25, 0.3) is 0 Å². The lowest BCUT2D eigenvalue weighted by Gasteiger charge is -2.08. The van der Waals surface area contributed by atoms with E-state index in [1.165, 1.54) is 31.4 Å². The van der Waals surface area contributed by atoms with Gasteiger partial charge < -0.3 is 22.9 Å². The second-order valence-corrected chi connectivity index (χ2v) is 8.01. The maximum atomic E-state index is 12.5. The summed E-state index contributed by atoms with van der Waals surface area (Å²) in [6, 6.07) is 17.8. The minimum absolute atomic E-state index is 0.0124. The van der Waals surface area contributed by atoms with E-state index in [0.717, 1.165) is 0 Å². The van der Waals surface area contributed by atoms with Gasteiger partial charge in [0.2, 0.25) is 0 Å². The lowest BCUT2D eigenvalue weighted by Crippen LogP contribution is -2.09. The number of rotatable bonds is 8. The Balaban J connectivity index is 1.50. The molecule has 0 bridgehead atoms. The number of aromatic nitrogens is 1. The fraction of sp³-hybridized carbons (Fsp3) is 0.136. The highest BCUT2D eigenvalue weighted by atomic mass is 32.2. The Hall–Kier alpha value is -3.72. The Morgan fingerprint density at radius 3 is 2.29 bits per heavy atom. The summed E-state index contributed by atoms with van der Waals surface area (Å²) in [6.07, 6.45) is 0. The SMILES string of the molecule is COc1ccc(S(=O)(=O)Oc2ccc3c(COc4cccc(OC)c4)noc3c2)cc1. The first-order chi connectivity index (χ1) is 15.0. The third kappa shape index (κ3) is 4.56. The van der Waals surface area contributed by atoms with E-state index in [1.54, 1.807) is 37.4 Å². The van der Waals surface area contributed by atoms with Gasteiger partial charge in [-0.25, -0.2) is 0 Å². The summed E-state index contributed by atoms with van der Waals surface area (Å²) in [5, 5.41) is 4.71. The Kier molecular flexibility index (Phi) is 5.68. The molecule has 0 aliphatic rings. The summed E-state index contributed by atoms with van der Waals surface area (Å²) in [4.78, 5) is 0.0124. The minimum Gasteiger partial charge on any atom is -0.497 e. The van der Waals surface area contributed by atoms with E-state index in [2.05, 4.69) is 5.16 Å². The summed E-state index contributed by atoms with van der Waals surface area (Å²) in [5.41, 5.74) is 0.953. The van der Waals surface area contributed by atoms with Crippen molar-refractivity contribution in [1.82, 2.24) is 5.16 Å². The van der Waals surface area contributed by atoms with E-state index in [9.17, 15) is 8.42 Å². The van der Waals surface area contributed by atoms with Gasteiger partial charge in [-0.2, -0.15) is 8.42 Å². The molecule has 0 aliphatic heterocycles. The van der Waals surface area contributed by atoms with Crippen LogP contribution in [0.15, 0.2) is 76.1 Å². The molecule has 4 rings (SSSR count). The zero-order valence-electron chi connectivity index (χ0n) is 16.8. The first kappa shape index (κ1) is 20.5. The van der Waals surface area contributed by atoms with Crippen molar-refractivity contribution in [2.75, 3.05) is 14.2 Å². The van der Waals surface area contributed by atoms with Gasteiger partial charge in [-0.05, 0) is 48.5 Å². The molecule has 160 valence electrons. The zero-order chi connectivity index (χ0) is 21.8. The Labute approximate surface area is 179 Å². The minimum atomic E-state index is -4.01. The van der Waals surface area contributed by atoms with Crippen molar-refractivity contribution in [3.63, 3.8) is 0 Å². The second-order valence-electron chi connectivity index (χ2n) is 6.47. The van der Waals surface area contributed by atoms with Crippen molar-refractivity contribution < 1.29 is 31.3 Å². The van der Waals surface area contributed by atoms with Crippen molar-refractivity contribution in [2.45, 2.75) is 11.5 Å². The van der Waals surface area contributed by atoms with Crippen LogP contribution in [0.4, 0.5) is 0 Å². The quantitative estimate of drug-likeness (QED) is 0.376.